The van der Waals surface area contributed by atoms with Gasteiger partial charge in [-0.25, -0.2) is 9.78 Å². The van der Waals surface area contributed by atoms with Gasteiger partial charge in [-0.1, -0.05) is 6.07 Å². The topological polar surface area (TPSA) is 63.2 Å². The Hall–Kier alpha value is -1.62. The predicted octanol–water partition coefficient (Wildman–Crippen LogP) is 1.55. The zero-order valence-electron chi connectivity index (χ0n) is 9.78. The Morgan fingerprint density at radius 2 is 2.31 bits per heavy atom. The smallest absolute Gasteiger partial charge is 0.320 e. The van der Waals surface area contributed by atoms with E-state index < -0.39 is 0 Å². The molecule has 2 amide bonds. The number of amides is 2. The van der Waals surface area contributed by atoms with Crippen LogP contribution in [0.1, 0.15) is 12.6 Å². The van der Waals surface area contributed by atoms with Gasteiger partial charge in [-0.2, -0.15) is 0 Å². The number of rotatable bonds is 4. The molecule has 0 aromatic carbocycles. The van der Waals surface area contributed by atoms with Gasteiger partial charge in [0.05, 0.1) is 12.6 Å². The molecule has 5 heteroatoms. The third-order valence-electron chi connectivity index (χ3n) is 1.92. The van der Waals surface area contributed by atoms with Crippen LogP contribution in [0.3, 0.4) is 0 Å². The number of ether oxygens (including phenoxy) is 1. The molecule has 0 bridgehead atoms. The minimum Gasteiger partial charge on any atom is -0.383 e. The van der Waals surface area contributed by atoms with Gasteiger partial charge in [0.25, 0.3) is 0 Å². The second-order valence-corrected chi connectivity index (χ2v) is 3.62. The number of hydrogen-bond donors (Lipinski definition) is 2. The fourth-order valence-corrected chi connectivity index (χ4v) is 1.28. The lowest BCUT2D eigenvalue weighted by Crippen LogP contribution is -2.38. The second kappa shape index (κ2) is 6.07. The molecule has 5 nitrogen and oxygen atoms in total. The van der Waals surface area contributed by atoms with Crippen LogP contribution < -0.4 is 10.6 Å². The number of methoxy groups -OCH3 is 1. The number of nitrogens with zero attached hydrogens (tertiary/aromatic N) is 1. The SMILES string of the molecule is COC[C@@H](C)NC(=O)Nc1cccc(C)n1. The number of urea groups is 1. The average molecular weight is 223 g/mol. The number of aromatic nitrogens is 1. The fraction of sp³-hybridized carbons (Fsp3) is 0.455. The minimum atomic E-state index is -0.275. The first-order valence-electron chi connectivity index (χ1n) is 5.12. The quantitative estimate of drug-likeness (QED) is 0.814. The molecule has 0 fully saturated rings. The zero-order chi connectivity index (χ0) is 12.0. The molecular weight excluding hydrogens is 206 g/mol. The maximum Gasteiger partial charge on any atom is 0.320 e. The molecule has 1 aromatic rings. The van der Waals surface area contributed by atoms with E-state index in [4.69, 9.17) is 4.74 Å². The maximum absolute atomic E-state index is 11.5. The molecule has 16 heavy (non-hydrogen) atoms. The molecule has 1 atom stereocenters. The van der Waals surface area contributed by atoms with Crippen LogP contribution in [-0.4, -0.2) is 30.8 Å². The van der Waals surface area contributed by atoms with E-state index in [1.54, 1.807) is 13.2 Å². The summed E-state index contributed by atoms with van der Waals surface area (Å²) in [5.74, 6) is 0.544. The highest BCUT2D eigenvalue weighted by Gasteiger charge is 2.07. The van der Waals surface area contributed by atoms with Crippen molar-refractivity contribution in [3.8, 4) is 0 Å². The van der Waals surface area contributed by atoms with Gasteiger partial charge in [0, 0.05) is 12.8 Å². The van der Waals surface area contributed by atoms with E-state index in [9.17, 15) is 4.79 Å². The lowest BCUT2D eigenvalue weighted by Gasteiger charge is -2.13. The van der Waals surface area contributed by atoms with E-state index in [0.29, 0.717) is 12.4 Å². The van der Waals surface area contributed by atoms with Crippen LogP contribution in [0.4, 0.5) is 10.6 Å². The first-order valence-corrected chi connectivity index (χ1v) is 5.12. The van der Waals surface area contributed by atoms with Crippen molar-refractivity contribution >= 4 is 11.8 Å². The number of carbonyl (C=O) groups excluding carboxylic acids is 1. The zero-order valence-corrected chi connectivity index (χ0v) is 9.78. The first kappa shape index (κ1) is 12.4. The molecular formula is C11H17N3O2. The Morgan fingerprint density at radius 1 is 1.56 bits per heavy atom. The van der Waals surface area contributed by atoms with E-state index in [-0.39, 0.29) is 12.1 Å². The molecule has 0 radical (unpaired) electrons. The van der Waals surface area contributed by atoms with Gasteiger partial charge < -0.3 is 10.1 Å². The van der Waals surface area contributed by atoms with Gasteiger partial charge in [0.2, 0.25) is 0 Å². The van der Waals surface area contributed by atoms with Gasteiger partial charge in [-0.15, -0.1) is 0 Å². The second-order valence-electron chi connectivity index (χ2n) is 3.62. The van der Waals surface area contributed by atoms with Crippen LogP contribution >= 0.6 is 0 Å². The highest BCUT2D eigenvalue weighted by Crippen LogP contribution is 2.03. The van der Waals surface area contributed by atoms with Crippen LogP contribution in [0.15, 0.2) is 18.2 Å². The summed E-state index contributed by atoms with van der Waals surface area (Å²) in [5.41, 5.74) is 0.864. The fourth-order valence-electron chi connectivity index (χ4n) is 1.28. The van der Waals surface area contributed by atoms with Crippen molar-refractivity contribution in [2.45, 2.75) is 19.9 Å². The molecule has 0 aliphatic rings. The third kappa shape index (κ3) is 4.27. The standard InChI is InChI=1S/C11H17N3O2/c1-8-5-4-6-10(12-8)14-11(15)13-9(2)7-16-3/h4-6,9H,7H2,1-3H3,(H2,12,13,14,15)/t9-/m1/s1. The number of hydrogen-bond acceptors (Lipinski definition) is 3. The lowest BCUT2D eigenvalue weighted by atomic mass is 10.3. The van der Waals surface area contributed by atoms with E-state index in [2.05, 4.69) is 15.6 Å². The maximum atomic E-state index is 11.5. The van der Waals surface area contributed by atoms with Crippen molar-refractivity contribution in [2.75, 3.05) is 19.0 Å². The van der Waals surface area contributed by atoms with Gasteiger partial charge in [0.1, 0.15) is 5.82 Å². The number of anilines is 1. The van der Waals surface area contributed by atoms with E-state index in [0.717, 1.165) is 5.69 Å². The number of aryl methyl sites for hydroxylation is 1. The Balaban J connectivity index is 2.45. The molecule has 0 spiro atoms. The summed E-state index contributed by atoms with van der Waals surface area (Å²) in [6.07, 6.45) is 0. The van der Waals surface area contributed by atoms with Crippen molar-refractivity contribution < 1.29 is 9.53 Å². The first-order chi connectivity index (χ1) is 7.61. The lowest BCUT2D eigenvalue weighted by molar-refractivity contribution is 0.173. The van der Waals surface area contributed by atoms with E-state index >= 15 is 0 Å². The number of nitrogens with one attached hydrogen (secondary N) is 2. The average Bonchev–Trinajstić information content (AvgIpc) is 2.17. The summed E-state index contributed by atoms with van der Waals surface area (Å²) in [6.45, 7) is 4.22. The molecule has 1 aromatic heterocycles. The molecule has 2 N–H and O–H groups in total. The van der Waals surface area contributed by atoms with Crippen LogP contribution in [-0.2, 0) is 4.74 Å². The van der Waals surface area contributed by atoms with Crippen LogP contribution in [0, 0.1) is 6.92 Å². The summed E-state index contributed by atoms with van der Waals surface area (Å²) in [5, 5.41) is 5.39. The summed E-state index contributed by atoms with van der Waals surface area (Å²) in [7, 11) is 1.60. The van der Waals surface area contributed by atoms with Crippen molar-refractivity contribution in [3.05, 3.63) is 23.9 Å². The van der Waals surface area contributed by atoms with Crippen molar-refractivity contribution in [1.82, 2.24) is 10.3 Å². The Bertz CT molecular complexity index is 355. The monoisotopic (exact) mass is 223 g/mol. The van der Waals surface area contributed by atoms with Crippen LogP contribution in [0.2, 0.25) is 0 Å². The summed E-state index contributed by atoms with van der Waals surface area (Å²) in [4.78, 5) is 15.7. The Labute approximate surface area is 95.2 Å². The summed E-state index contributed by atoms with van der Waals surface area (Å²) < 4.78 is 4.92. The number of pyridine rings is 1. The third-order valence-corrected chi connectivity index (χ3v) is 1.92. The van der Waals surface area contributed by atoms with Crippen molar-refractivity contribution in [2.24, 2.45) is 0 Å². The molecule has 0 saturated heterocycles. The Kier molecular flexibility index (Phi) is 4.72. The molecule has 1 heterocycles. The molecule has 88 valence electrons. The molecule has 0 unspecified atom stereocenters. The van der Waals surface area contributed by atoms with Gasteiger partial charge in [-0.3, -0.25) is 5.32 Å². The minimum absolute atomic E-state index is 0.0326. The van der Waals surface area contributed by atoms with E-state index in [1.807, 2.05) is 26.0 Å². The largest absolute Gasteiger partial charge is 0.383 e. The normalized spacial score (nSPS) is 11.9. The molecule has 0 aliphatic heterocycles. The highest BCUT2D eigenvalue weighted by molar-refractivity contribution is 5.88. The van der Waals surface area contributed by atoms with E-state index in [1.165, 1.54) is 0 Å². The van der Waals surface area contributed by atoms with Crippen molar-refractivity contribution in [3.63, 3.8) is 0 Å². The van der Waals surface area contributed by atoms with Crippen molar-refractivity contribution in [1.29, 1.82) is 0 Å². The Morgan fingerprint density at radius 3 is 2.94 bits per heavy atom. The number of carbonyl (C=O) groups is 1. The molecule has 0 saturated carbocycles. The molecule has 1 rings (SSSR count). The highest BCUT2D eigenvalue weighted by atomic mass is 16.5. The summed E-state index contributed by atoms with van der Waals surface area (Å²) in [6, 6.07) is 5.15. The van der Waals surface area contributed by atoms with Crippen LogP contribution in [0.25, 0.3) is 0 Å². The van der Waals surface area contributed by atoms with Gasteiger partial charge >= 0.3 is 6.03 Å². The van der Waals surface area contributed by atoms with Gasteiger partial charge in [0.15, 0.2) is 0 Å². The predicted molar refractivity (Wildman–Crippen MR) is 62.5 cm³/mol. The van der Waals surface area contributed by atoms with Gasteiger partial charge in [-0.05, 0) is 26.0 Å². The van der Waals surface area contributed by atoms with Crippen LogP contribution in [0.5, 0.6) is 0 Å². The molecule has 0 aliphatic carbocycles. The summed E-state index contributed by atoms with van der Waals surface area (Å²) >= 11 is 0.